The smallest absolute Gasteiger partial charge is 0.0914 e. The molecule has 0 bridgehead atoms. The van der Waals surface area contributed by atoms with Gasteiger partial charge in [-0.15, -0.1) is 0 Å². The Balaban J connectivity index is 2.24. The number of benzene rings is 1. The number of nitrogens with one attached hydrogen (secondary N) is 1. The lowest BCUT2D eigenvalue weighted by Gasteiger charge is -2.12. The van der Waals surface area contributed by atoms with Gasteiger partial charge in [0, 0.05) is 11.6 Å². The summed E-state index contributed by atoms with van der Waals surface area (Å²) in [5, 5.41) is 13.8. The molecule has 1 aromatic carbocycles. The SMILES string of the molecule is CSCCCNCC(O)c1ccc(Cl)cc1. The molecule has 16 heavy (non-hydrogen) atoms. The molecule has 90 valence electrons. The van der Waals surface area contributed by atoms with Crippen molar-refractivity contribution < 1.29 is 5.11 Å². The molecule has 0 radical (unpaired) electrons. The van der Waals surface area contributed by atoms with Gasteiger partial charge in [-0.2, -0.15) is 11.8 Å². The largest absolute Gasteiger partial charge is 0.387 e. The molecule has 1 unspecified atom stereocenters. The third-order valence-corrected chi connectivity index (χ3v) is 3.24. The summed E-state index contributed by atoms with van der Waals surface area (Å²) >= 11 is 7.62. The van der Waals surface area contributed by atoms with Crippen LogP contribution in [0.2, 0.25) is 5.02 Å². The molecule has 0 heterocycles. The fourth-order valence-electron chi connectivity index (χ4n) is 1.38. The van der Waals surface area contributed by atoms with Gasteiger partial charge in [-0.05, 0) is 42.7 Å². The summed E-state index contributed by atoms with van der Waals surface area (Å²) < 4.78 is 0. The molecule has 0 aliphatic heterocycles. The van der Waals surface area contributed by atoms with E-state index in [-0.39, 0.29) is 0 Å². The molecule has 1 aromatic rings. The molecule has 2 N–H and O–H groups in total. The minimum Gasteiger partial charge on any atom is -0.387 e. The first-order chi connectivity index (χ1) is 7.74. The predicted molar refractivity (Wildman–Crippen MR) is 72.3 cm³/mol. The number of rotatable bonds is 7. The minimum absolute atomic E-state index is 0.452. The lowest BCUT2D eigenvalue weighted by Crippen LogP contribution is -2.22. The Kier molecular flexibility index (Phi) is 6.88. The van der Waals surface area contributed by atoms with E-state index in [0.717, 1.165) is 24.3 Å². The van der Waals surface area contributed by atoms with Crippen LogP contribution in [0.3, 0.4) is 0 Å². The Morgan fingerprint density at radius 1 is 1.38 bits per heavy atom. The van der Waals surface area contributed by atoms with Crippen molar-refractivity contribution in [1.82, 2.24) is 5.32 Å². The minimum atomic E-state index is -0.452. The van der Waals surface area contributed by atoms with Gasteiger partial charge in [-0.25, -0.2) is 0 Å². The second kappa shape index (κ2) is 7.96. The molecule has 0 saturated carbocycles. The van der Waals surface area contributed by atoms with Gasteiger partial charge in [0.15, 0.2) is 0 Å². The summed E-state index contributed by atoms with van der Waals surface area (Å²) in [4.78, 5) is 0. The van der Waals surface area contributed by atoms with Crippen LogP contribution in [0, 0.1) is 0 Å². The van der Waals surface area contributed by atoms with Crippen LogP contribution >= 0.6 is 23.4 Å². The maximum absolute atomic E-state index is 9.86. The van der Waals surface area contributed by atoms with Gasteiger partial charge in [0.1, 0.15) is 0 Å². The average Bonchev–Trinajstić information content (AvgIpc) is 2.29. The van der Waals surface area contributed by atoms with Gasteiger partial charge in [-0.3, -0.25) is 0 Å². The van der Waals surface area contributed by atoms with Gasteiger partial charge in [0.05, 0.1) is 6.10 Å². The monoisotopic (exact) mass is 259 g/mol. The molecule has 1 rings (SSSR count). The Labute approximate surface area is 106 Å². The van der Waals surface area contributed by atoms with Gasteiger partial charge >= 0.3 is 0 Å². The Morgan fingerprint density at radius 3 is 2.69 bits per heavy atom. The molecule has 0 spiro atoms. The number of hydrogen-bond donors (Lipinski definition) is 2. The zero-order chi connectivity index (χ0) is 11.8. The van der Waals surface area contributed by atoms with Crippen molar-refractivity contribution >= 4 is 23.4 Å². The van der Waals surface area contributed by atoms with E-state index in [2.05, 4.69) is 11.6 Å². The summed E-state index contributed by atoms with van der Waals surface area (Å²) in [5.74, 6) is 1.16. The van der Waals surface area contributed by atoms with Crippen molar-refractivity contribution in [3.63, 3.8) is 0 Å². The van der Waals surface area contributed by atoms with E-state index in [4.69, 9.17) is 11.6 Å². The molecule has 0 fully saturated rings. The lowest BCUT2D eigenvalue weighted by atomic mass is 10.1. The summed E-state index contributed by atoms with van der Waals surface area (Å²) in [7, 11) is 0. The zero-order valence-electron chi connectivity index (χ0n) is 9.45. The van der Waals surface area contributed by atoms with Crippen LogP contribution in [-0.2, 0) is 0 Å². The Hall–Kier alpha value is -0.220. The highest BCUT2D eigenvalue weighted by atomic mass is 35.5. The normalized spacial score (nSPS) is 12.7. The average molecular weight is 260 g/mol. The maximum Gasteiger partial charge on any atom is 0.0914 e. The molecule has 4 heteroatoms. The van der Waals surface area contributed by atoms with Crippen molar-refractivity contribution in [2.75, 3.05) is 25.1 Å². The van der Waals surface area contributed by atoms with Crippen LogP contribution in [0.5, 0.6) is 0 Å². The molecular formula is C12H18ClNOS. The summed E-state index contributed by atoms with van der Waals surface area (Å²) in [6.45, 7) is 1.54. The summed E-state index contributed by atoms with van der Waals surface area (Å²) in [6.07, 6.45) is 2.78. The van der Waals surface area contributed by atoms with E-state index in [0.29, 0.717) is 11.6 Å². The molecule has 1 atom stereocenters. The predicted octanol–water partition coefficient (Wildman–Crippen LogP) is 2.72. The molecule has 0 saturated heterocycles. The first-order valence-electron chi connectivity index (χ1n) is 5.37. The molecule has 0 aliphatic rings. The van der Waals surface area contributed by atoms with Crippen LogP contribution in [0.4, 0.5) is 0 Å². The molecule has 0 amide bonds. The molecule has 0 aromatic heterocycles. The van der Waals surface area contributed by atoms with Crippen molar-refractivity contribution in [2.45, 2.75) is 12.5 Å². The number of aliphatic hydroxyl groups is 1. The van der Waals surface area contributed by atoms with E-state index in [9.17, 15) is 5.11 Å². The van der Waals surface area contributed by atoms with E-state index in [1.807, 2.05) is 23.9 Å². The van der Waals surface area contributed by atoms with Crippen LogP contribution in [0.1, 0.15) is 18.1 Å². The maximum atomic E-state index is 9.86. The van der Waals surface area contributed by atoms with Gasteiger partial charge in [0.2, 0.25) is 0 Å². The lowest BCUT2D eigenvalue weighted by molar-refractivity contribution is 0.175. The molecule has 0 aliphatic carbocycles. The molecular weight excluding hydrogens is 242 g/mol. The van der Waals surface area contributed by atoms with Gasteiger partial charge in [0.25, 0.3) is 0 Å². The number of hydrogen-bond acceptors (Lipinski definition) is 3. The van der Waals surface area contributed by atoms with E-state index in [1.54, 1.807) is 12.1 Å². The van der Waals surface area contributed by atoms with Crippen LogP contribution in [0.25, 0.3) is 0 Å². The van der Waals surface area contributed by atoms with Gasteiger partial charge in [-0.1, -0.05) is 23.7 Å². The second-order valence-electron chi connectivity index (χ2n) is 3.62. The van der Waals surface area contributed by atoms with Crippen LogP contribution in [0.15, 0.2) is 24.3 Å². The highest BCUT2D eigenvalue weighted by Crippen LogP contribution is 2.15. The van der Waals surface area contributed by atoms with Crippen molar-refractivity contribution in [3.8, 4) is 0 Å². The van der Waals surface area contributed by atoms with Crippen molar-refractivity contribution in [1.29, 1.82) is 0 Å². The second-order valence-corrected chi connectivity index (χ2v) is 5.04. The number of thioether (sulfide) groups is 1. The van der Waals surface area contributed by atoms with Gasteiger partial charge < -0.3 is 10.4 Å². The highest BCUT2D eigenvalue weighted by Gasteiger charge is 2.05. The highest BCUT2D eigenvalue weighted by molar-refractivity contribution is 7.98. The van der Waals surface area contributed by atoms with E-state index < -0.39 is 6.10 Å². The first-order valence-corrected chi connectivity index (χ1v) is 7.14. The third kappa shape index (κ3) is 5.21. The molecule has 2 nitrogen and oxygen atoms in total. The van der Waals surface area contributed by atoms with E-state index in [1.165, 1.54) is 0 Å². The van der Waals surface area contributed by atoms with Crippen LogP contribution < -0.4 is 5.32 Å². The quantitative estimate of drug-likeness (QED) is 0.739. The number of halogens is 1. The van der Waals surface area contributed by atoms with E-state index >= 15 is 0 Å². The summed E-state index contributed by atoms with van der Waals surface area (Å²) in [6, 6.07) is 7.31. The third-order valence-electron chi connectivity index (χ3n) is 2.29. The fraction of sp³-hybridized carbons (Fsp3) is 0.500. The van der Waals surface area contributed by atoms with Crippen molar-refractivity contribution in [3.05, 3.63) is 34.9 Å². The zero-order valence-corrected chi connectivity index (χ0v) is 11.0. The number of aliphatic hydroxyl groups excluding tert-OH is 1. The topological polar surface area (TPSA) is 32.3 Å². The van der Waals surface area contributed by atoms with Crippen molar-refractivity contribution in [2.24, 2.45) is 0 Å². The standard InChI is InChI=1S/C12H18ClNOS/c1-16-8-2-7-14-9-12(15)10-3-5-11(13)6-4-10/h3-6,12,14-15H,2,7-9H2,1H3. The Bertz CT molecular complexity index is 292. The Morgan fingerprint density at radius 2 is 2.06 bits per heavy atom. The van der Waals surface area contributed by atoms with Crippen LogP contribution in [-0.4, -0.2) is 30.2 Å². The first kappa shape index (κ1) is 13.8. The summed E-state index contributed by atoms with van der Waals surface area (Å²) in [5.41, 5.74) is 0.904. The fourth-order valence-corrected chi connectivity index (χ4v) is 1.94.